The molecule has 1 aliphatic heterocycles. The van der Waals surface area contributed by atoms with Crippen molar-refractivity contribution >= 4 is 57.6 Å². The van der Waals surface area contributed by atoms with E-state index in [1.165, 1.54) is 18.5 Å². The van der Waals surface area contributed by atoms with E-state index in [-0.39, 0.29) is 21.8 Å². The average Bonchev–Trinajstić information content (AvgIpc) is 2.81. The quantitative estimate of drug-likeness (QED) is 0.298. The molecule has 0 bridgehead atoms. The lowest BCUT2D eigenvalue weighted by atomic mass is 10.1. The molecule has 0 atom stereocenters. The van der Waals surface area contributed by atoms with Crippen molar-refractivity contribution in [2.75, 3.05) is 25.5 Å². The zero-order chi connectivity index (χ0) is 22.7. The van der Waals surface area contributed by atoms with E-state index in [1.807, 2.05) is 11.5 Å². The minimum Gasteiger partial charge on any atom is -0.493 e. The van der Waals surface area contributed by atoms with Gasteiger partial charge in [0.1, 0.15) is 18.2 Å². The number of hydrogen-bond donors (Lipinski definition) is 1. The topological polar surface area (TPSA) is 59.5 Å². The van der Waals surface area contributed by atoms with Crippen molar-refractivity contribution in [3.05, 3.63) is 58.4 Å². The molecular formula is C22H21Cl2FN4O2S. The molecule has 1 N–H and O–H groups in total. The van der Waals surface area contributed by atoms with Gasteiger partial charge < -0.3 is 14.8 Å². The summed E-state index contributed by atoms with van der Waals surface area (Å²) in [5.41, 5.74) is 0.786. The van der Waals surface area contributed by atoms with Crippen LogP contribution in [0.2, 0.25) is 10.0 Å². The van der Waals surface area contributed by atoms with E-state index in [9.17, 15) is 4.39 Å². The Bertz CT molecular complexity index is 1140. The summed E-state index contributed by atoms with van der Waals surface area (Å²) < 4.78 is 28.6. The monoisotopic (exact) mass is 494 g/mol. The van der Waals surface area contributed by atoms with Crippen LogP contribution in [0, 0.1) is 5.82 Å². The highest BCUT2D eigenvalue weighted by atomic mass is 35.5. The van der Waals surface area contributed by atoms with Gasteiger partial charge in [-0.3, -0.25) is 0 Å². The number of fused-ring (bicyclic) bond motifs is 1. The molecule has 10 heteroatoms. The first-order chi connectivity index (χ1) is 15.5. The molecule has 3 aromatic rings. The van der Waals surface area contributed by atoms with Gasteiger partial charge in [0.15, 0.2) is 17.3 Å². The molecule has 0 amide bonds. The molecule has 32 heavy (non-hydrogen) atoms. The number of methoxy groups -OCH3 is 1. The Balaban J connectivity index is 1.63. The zero-order valence-electron chi connectivity index (χ0n) is 17.3. The number of aromatic nitrogens is 2. The predicted molar refractivity (Wildman–Crippen MR) is 129 cm³/mol. The SMILES string of the molecule is C=CSN1CCC(Oc2cc3c(Nc4ccc(Cl)c(Cl)c4F)ncnc3cc2OC)CC1. The van der Waals surface area contributed by atoms with E-state index in [2.05, 4.69) is 26.2 Å². The molecule has 2 heterocycles. The Kier molecular flexibility index (Phi) is 7.25. The molecule has 168 valence electrons. The summed E-state index contributed by atoms with van der Waals surface area (Å²) in [7, 11) is 1.59. The fourth-order valence-corrected chi connectivity index (χ4v) is 4.45. The maximum atomic E-state index is 14.6. The smallest absolute Gasteiger partial charge is 0.166 e. The van der Waals surface area contributed by atoms with Gasteiger partial charge in [0, 0.05) is 24.5 Å². The third kappa shape index (κ3) is 4.88. The molecule has 6 nitrogen and oxygen atoms in total. The van der Waals surface area contributed by atoms with Gasteiger partial charge in [-0.2, -0.15) is 0 Å². The van der Waals surface area contributed by atoms with Gasteiger partial charge in [-0.1, -0.05) is 41.7 Å². The van der Waals surface area contributed by atoms with Crippen molar-refractivity contribution in [2.24, 2.45) is 0 Å². The molecule has 1 saturated heterocycles. The van der Waals surface area contributed by atoms with E-state index >= 15 is 0 Å². The van der Waals surface area contributed by atoms with Crippen LogP contribution in [0.1, 0.15) is 12.8 Å². The number of nitrogens with zero attached hydrogens (tertiary/aromatic N) is 3. The van der Waals surface area contributed by atoms with Crippen LogP contribution in [0.25, 0.3) is 10.9 Å². The fourth-order valence-electron chi connectivity index (χ4n) is 3.51. The predicted octanol–water partition coefficient (Wildman–Crippen LogP) is 6.46. The van der Waals surface area contributed by atoms with Crippen LogP contribution >= 0.6 is 35.1 Å². The fraction of sp³-hybridized carbons (Fsp3) is 0.273. The van der Waals surface area contributed by atoms with Crippen molar-refractivity contribution in [2.45, 2.75) is 18.9 Å². The lowest BCUT2D eigenvalue weighted by Gasteiger charge is -2.30. The minimum absolute atomic E-state index is 0.0524. The van der Waals surface area contributed by atoms with E-state index in [0.717, 1.165) is 25.9 Å². The summed E-state index contributed by atoms with van der Waals surface area (Å²) in [6, 6.07) is 6.63. The number of ether oxygens (including phenoxy) is 2. The van der Waals surface area contributed by atoms with Crippen molar-refractivity contribution < 1.29 is 13.9 Å². The summed E-state index contributed by atoms with van der Waals surface area (Å²) in [5, 5.41) is 5.47. The third-order valence-electron chi connectivity index (χ3n) is 5.13. The lowest BCUT2D eigenvalue weighted by Crippen LogP contribution is -2.34. The van der Waals surface area contributed by atoms with Crippen molar-refractivity contribution in [3.8, 4) is 11.5 Å². The van der Waals surface area contributed by atoms with Gasteiger partial charge >= 0.3 is 0 Å². The number of piperidine rings is 1. The van der Waals surface area contributed by atoms with Crippen molar-refractivity contribution in [3.63, 3.8) is 0 Å². The molecule has 0 aliphatic carbocycles. The number of benzene rings is 2. The first kappa shape index (κ1) is 22.9. The lowest BCUT2D eigenvalue weighted by molar-refractivity contribution is 0.135. The average molecular weight is 495 g/mol. The van der Waals surface area contributed by atoms with Gasteiger partial charge in [0.05, 0.1) is 28.4 Å². The van der Waals surface area contributed by atoms with Gasteiger partial charge in [0.25, 0.3) is 0 Å². The van der Waals surface area contributed by atoms with Gasteiger partial charge in [-0.05, 0) is 36.4 Å². The Hall–Kier alpha value is -2.26. The summed E-state index contributed by atoms with van der Waals surface area (Å²) in [5.74, 6) is 0.921. The van der Waals surface area contributed by atoms with Crippen LogP contribution in [0.5, 0.6) is 11.5 Å². The molecule has 2 aromatic carbocycles. The molecule has 0 radical (unpaired) electrons. The second-order valence-electron chi connectivity index (χ2n) is 7.11. The van der Waals surface area contributed by atoms with Gasteiger partial charge in [-0.15, -0.1) is 0 Å². The van der Waals surface area contributed by atoms with Crippen LogP contribution in [-0.4, -0.2) is 40.6 Å². The van der Waals surface area contributed by atoms with Crippen LogP contribution < -0.4 is 14.8 Å². The third-order valence-corrected chi connectivity index (χ3v) is 6.72. The summed E-state index contributed by atoms with van der Waals surface area (Å²) in [4.78, 5) is 8.61. The largest absolute Gasteiger partial charge is 0.493 e. The van der Waals surface area contributed by atoms with Crippen molar-refractivity contribution in [1.82, 2.24) is 14.3 Å². The molecule has 0 spiro atoms. The first-order valence-electron chi connectivity index (χ1n) is 9.92. The zero-order valence-corrected chi connectivity index (χ0v) is 19.6. The first-order valence-corrected chi connectivity index (χ1v) is 11.5. The summed E-state index contributed by atoms with van der Waals surface area (Å²) in [6.45, 7) is 5.58. The Morgan fingerprint density at radius 1 is 1.22 bits per heavy atom. The Morgan fingerprint density at radius 3 is 2.72 bits per heavy atom. The van der Waals surface area contributed by atoms with E-state index in [1.54, 1.807) is 25.1 Å². The highest BCUT2D eigenvalue weighted by Crippen LogP contribution is 2.37. The molecule has 1 aromatic heterocycles. The number of hydrogen-bond acceptors (Lipinski definition) is 7. The second-order valence-corrected chi connectivity index (χ2v) is 8.95. The number of anilines is 2. The van der Waals surface area contributed by atoms with E-state index < -0.39 is 5.82 Å². The number of rotatable bonds is 7. The standard InChI is InChI=1S/C22H21Cl2FN4O2S/c1-3-32-29-8-6-13(7-9-29)31-19-10-14-17(11-18(19)30-2)26-12-27-22(14)28-16-5-4-15(23)20(24)21(16)25/h3-5,10-13H,1,6-9H2,2H3,(H,26,27,28). The molecule has 1 fully saturated rings. The maximum absolute atomic E-state index is 14.6. The van der Waals surface area contributed by atoms with Crippen LogP contribution in [0.4, 0.5) is 15.9 Å². The molecular weight excluding hydrogens is 474 g/mol. The van der Waals surface area contributed by atoms with E-state index in [0.29, 0.717) is 28.2 Å². The minimum atomic E-state index is -0.653. The highest BCUT2D eigenvalue weighted by Gasteiger charge is 2.22. The van der Waals surface area contributed by atoms with Gasteiger partial charge in [-0.25, -0.2) is 18.7 Å². The normalized spacial score (nSPS) is 15.0. The maximum Gasteiger partial charge on any atom is 0.166 e. The van der Waals surface area contributed by atoms with Crippen molar-refractivity contribution in [1.29, 1.82) is 0 Å². The molecule has 0 unspecified atom stereocenters. The Morgan fingerprint density at radius 2 is 2.00 bits per heavy atom. The van der Waals surface area contributed by atoms with E-state index in [4.69, 9.17) is 32.7 Å². The number of halogens is 3. The van der Waals surface area contributed by atoms with Crippen LogP contribution in [0.15, 0.2) is 42.6 Å². The molecule has 4 rings (SSSR count). The van der Waals surface area contributed by atoms with Crippen LogP contribution in [-0.2, 0) is 0 Å². The molecule has 0 saturated carbocycles. The van der Waals surface area contributed by atoms with Crippen LogP contribution in [0.3, 0.4) is 0 Å². The second kappa shape index (κ2) is 10.1. The summed E-state index contributed by atoms with van der Waals surface area (Å²) >= 11 is 13.5. The molecule has 1 aliphatic rings. The highest BCUT2D eigenvalue weighted by molar-refractivity contribution is 7.99. The Labute approximate surface area is 199 Å². The number of nitrogens with one attached hydrogen (secondary N) is 1. The summed E-state index contributed by atoms with van der Waals surface area (Å²) in [6.07, 6.45) is 3.21. The van der Waals surface area contributed by atoms with Gasteiger partial charge in [0.2, 0.25) is 0 Å².